The van der Waals surface area contributed by atoms with E-state index in [0.29, 0.717) is 16.9 Å². The van der Waals surface area contributed by atoms with Gasteiger partial charge in [-0.1, -0.05) is 6.42 Å². The van der Waals surface area contributed by atoms with Crippen LogP contribution in [0.25, 0.3) is 0 Å². The average molecular weight is 234 g/mol. The lowest BCUT2D eigenvalue weighted by Gasteiger charge is -2.27. The van der Waals surface area contributed by atoms with Crippen LogP contribution in [-0.4, -0.2) is 24.0 Å². The highest BCUT2D eigenvalue weighted by molar-refractivity contribution is 5.99. The van der Waals surface area contributed by atoms with Gasteiger partial charge in [0.15, 0.2) is 0 Å². The molecule has 5 nitrogen and oxygen atoms in total. The van der Waals surface area contributed by atoms with Gasteiger partial charge in [-0.3, -0.25) is 10.2 Å². The molecule has 92 valence electrons. The van der Waals surface area contributed by atoms with Gasteiger partial charge >= 0.3 is 0 Å². The number of nitrogens with one attached hydrogen (secondary N) is 1. The molecule has 0 saturated carbocycles. The Labute approximate surface area is 101 Å². The molecule has 1 amide bonds. The van der Waals surface area contributed by atoms with Crippen LogP contribution in [0.3, 0.4) is 0 Å². The first-order valence-electron chi connectivity index (χ1n) is 5.88. The van der Waals surface area contributed by atoms with Crippen LogP contribution in [0, 0.1) is 0 Å². The predicted molar refractivity (Wildman–Crippen MR) is 68.2 cm³/mol. The van der Waals surface area contributed by atoms with Crippen LogP contribution < -0.4 is 16.9 Å². The van der Waals surface area contributed by atoms with Crippen molar-refractivity contribution in [2.75, 3.05) is 24.6 Å². The molecule has 1 saturated heterocycles. The Balaban J connectivity index is 2.03. The minimum absolute atomic E-state index is 0.163. The molecule has 5 N–H and O–H groups in total. The Bertz CT molecular complexity index is 413. The fraction of sp³-hybridized carbons (Fsp3) is 0.417. The summed E-state index contributed by atoms with van der Waals surface area (Å²) >= 11 is 0. The van der Waals surface area contributed by atoms with E-state index in [1.54, 1.807) is 18.2 Å². The largest absolute Gasteiger partial charge is 0.399 e. The van der Waals surface area contributed by atoms with Crippen LogP contribution in [0.15, 0.2) is 18.2 Å². The summed E-state index contributed by atoms with van der Waals surface area (Å²) in [4.78, 5) is 12.0. The summed E-state index contributed by atoms with van der Waals surface area (Å²) < 4.78 is 0. The topological polar surface area (TPSA) is 84.4 Å². The number of nitrogens with two attached hydrogens (primary N) is 2. The molecule has 1 fully saturated rings. The quantitative estimate of drug-likeness (QED) is 0.666. The van der Waals surface area contributed by atoms with Crippen LogP contribution in [0.5, 0.6) is 0 Å². The first kappa shape index (κ1) is 11.7. The molecule has 1 aromatic rings. The van der Waals surface area contributed by atoms with Crippen LogP contribution in [0.2, 0.25) is 0 Å². The lowest BCUT2D eigenvalue weighted by molar-refractivity contribution is 0.0751. The maximum atomic E-state index is 12.0. The Morgan fingerprint density at radius 2 is 1.88 bits per heavy atom. The average Bonchev–Trinajstić information content (AvgIpc) is 2.30. The van der Waals surface area contributed by atoms with Crippen molar-refractivity contribution in [1.82, 2.24) is 10.4 Å². The zero-order valence-corrected chi connectivity index (χ0v) is 9.78. The number of anilines is 2. The summed E-state index contributed by atoms with van der Waals surface area (Å²) in [5.41, 5.74) is 15.7. The predicted octanol–water partition coefficient (Wildman–Crippen LogP) is 0.982. The first-order valence-corrected chi connectivity index (χ1v) is 5.88. The summed E-state index contributed by atoms with van der Waals surface area (Å²) in [5, 5.41) is 1.95. The zero-order valence-electron chi connectivity index (χ0n) is 9.78. The van der Waals surface area contributed by atoms with Gasteiger partial charge in [0.05, 0.1) is 5.56 Å². The number of hydrogen-bond acceptors (Lipinski definition) is 4. The fourth-order valence-corrected chi connectivity index (χ4v) is 2.00. The Morgan fingerprint density at radius 3 is 2.53 bits per heavy atom. The minimum atomic E-state index is -0.163. The lowest BCUT2D eigenvalue weighted by atomic mass is 10.1. The highest BCUT2D eigenvalue weighted by atomic mass is 16.2. The van der Waals surface area contributed by atoms with Crippen LogP contribution in [0.4, 0.5) is 11.4 Å². The maximum Gasteiger partial charge on any atom is 0.267 e. The van der Waals surface area contributed by atoms with Crippen molar-refractivity contribution in [3.05, 3.63) is 23.8 Å². The number of nitrogen functional groups attached to an aromatic ring is 2. The van der Waals surface area contributed by atoms with E-state index in [1.807, 2.05) is 5.01 Å². The summed E-state index contributed by atoms with van der Waals surface area (Å²) in [6.45, 7) is 1.81. The number of rotatable bonds is 2. The van der Waals surface area contributed by atoms with Crippen LogP contribution in [0.1, 0.15) is 29.6 Å². The number of amides is 1. The van der Waals surface area contributed by atoms with E-state index in [9.17, 15) is 4.79 Å². The van der Waals surface area contributed by atoms with Gasteiger partial charge in [0, 0.05) is 24.5 Å². The molecule has 0 bridgehead atoms. The summed E-state index contributed by atoms with van der Waals surface area (Å²) in [5.74, 6) is -0.163. The molecular weight excluding hydrogens is 216 g/mol. The zero-order chi connectivity index (χ0) is 12.3. The number of hydrogen-bond donors (Lipinski definition) is 3. The van der Waals surface area contributed by atoms with E-state index in [1.165, 1.54) is 6.42 Å². The van der Waals surface area contributed by atoms with Gasteiger partial charge in [0.2, 0.25) is 0 Å². The molecule has 1 aliphatic heterocycles. The van der Waals surface area contributed by atoms with E-state index < -0.39 is 0 Å². The molecule has 1 aromatic carbocycles. The summed E-state index contributed by atoms with van der Waals surface area (Å²) in [6, 6.07) is 4.94. The van der Waals surface area contributed by atoms with E-state index in [2.05, 4.69) is 5.43 Å². The van der Waals surface area contributed by atoms with E-state index in [-0.39, 0.29) is 5.91 Å². The standard InChI is InChI=1S/C12H18N4O/c13-9-4-5-10(11(14)8-9)12(17)15-16-6-2-1-3-7-16/h4-5,8H,1-3,6-7,13-14H2,(H,15,17). The Hall–Kier alpha value is -1.75. The molecule has 0 atom stereocenters. The highest BCUT2D eigenvalue weighted by Crippen LogP contribution is 2.16. The maximum absolute atomic E-state index is 12.0. The van der Waals surface area contributed by atoms with Crippen molar-refractivity contribution in [1.29, 1.82) is 0 Å². The second-order valence-corrected chi connectivity index (χ2v) is 4.34. The smallest absolute Gasteiger partial charge is 0.267 e. The van der Waals surface area contributed by atoms with Gasteiger partial charge in [-0.2, -0.15) is 0 Å². The fourth-order valence-electron chi connectivity index (χ4n) is 2.00. The van der Waals surface area contributed by atoms with Crippen LogP contribution in [-0.2, 0) is 0 Å². The summed E-state index contributed by atoms with van der Waals surface area (Å²) in [6.07, 6.45) is 3.48. The van der Waals surface area contributed by atoms with Crippen LogP contribution >= 0.6 is 0 Å². The molecule has 0 radical (unpaired) electrons. The van der Waals surface area contributed by atoms with E-state index >= 15 is 0 Å². The number of carbonyl (C=O) groups excluding carboxylic acids is 1. The van der Waals surface area contributed by atoms with E-state index in [4.69, 9.17) is 11.5 Å². The Kier molecular flexibility index (Phi) is 3.49. The second-order valence-electron chi connectivity index (χ2n) is 4.34. The molecule has 0 aliphatic carbocycles. The molecule has 0 aromatic heterocycles. The number of carbonyl (C=O) groups is 1. The lowest BCUT2D eigenvalue weighted by Crippen LogP contribution is -2.45. The SMILES string of the molecule is Nc1ccc(C(=O)NN2CCCCC2)c(N)c1. The number of benzene rings is 1. The monoisotopic (exact) mass is 234 g/mol. The van der Waals surface area contributed by atoms with Crippen molar-refractivity contribution < 1.29 is 4.79 Å². The number of hydrazine groups is 1. The second kappa shape index (κ2) is 5.05. The molecule has 5 heteroatoms. The van der Waals surface area contributed by atoms with Crippen molar-refractivity contribution in [3.63, 3.8) is 0 Å². The van der Waals surface area contributed by atoms with Gasteiger partial charge in [-0.25, -0.2) is 5.01 Å². The molecule has 17 heavy (non-hydrogen) atoms. The van der Waals surface area contributed by atoms with Crippen molar-refractivity contribution >= 4 is 17.3 Å². The molecule has 0 spiro atoms. The third-order valence-corrected chi connectivity index (χ3v) is 2.94. The van der Waals surface area contributed by atoms with Gasteiger partial charge in [-0.05, 0) is 31.0 Å². The Morgan fingerprint density at radius 1 is 1.18 bits per heavy atom. The molecule has 1 heterocycles. The normalized spacial score (nSPS) is 16.7. The van der Waals surface area contributed by atoms with Gasteiger partial charge < -0.3 is 11.5 Å². The number of nitrogens with zero attached hydrogens (tertiary/aromatic N) is 1. The third kappa shape index (κ3) is 2.88. The van der Waals surface area contributed by atoms with Crippen molar-refractivity contribution in [2.45, 2.75) is 19.3 Å². The first-order chi connectivity index (χ1) is 8.16. The summed E-state index contributed by atoms with van der Waals surface area (Å²) in [7, 11) is 0. The van der Waals surface area contributed by atoms with Crippen molar-refractivity contribution in [3.8, 4) is 0 Å². The molecule has 1 aliphatic rings. The van der Waals surface area contributed by atoms with Gasteiger partial charge in [0.25, 0.3) is 5.91 Å². The number of piperidine rings is 1. The third-order valence-electron chi connectivity index (χ3n) is 2.94. The van der Waals surface area contributed by atoms with Gasteiger partial charge in [-0.15, -0.1) is 0 Å². The molecular formula is C12H18N4O. The molecule has 0 unspecified atom stereocenters. The van der Waals surface area contributed by atoms with E-state index in [0.717, 1.165) is 25.9 Å². The molecule has 2 rings (SSSR count). The minimum Gasteiger partial charge on any atom is -0.399 e. The highest BCUT2D eigenvalue weighted by Gasteiger charge is 2.15. The van der Waals surface area contributed by atoms with Gasteiger partial charge in [0.1, 0.15) is 0 Å². The van der Waals surface area contributed by atoms with Crippen molar-refractivity contribution in [2.24, 2.45) is 0 Å².